The Balaban J connectivity index is 1.45. The molecular formula is C21H28N4O4. The van der Waals surface area contributed by atoms with Crippen LogP contribution in [0.1, 0.15) is 39.5 Å². The lowest BCUT2D eigenvalue weighted by atomic mass is 9.73. The molecule has 4 rings (SSSR count). The zero-order valence-electron chi connectivity index (χ0n) is 16.9. The zero-order valence-corrected chi connectivity index (χ0v) is 16.9. The smallest absolute Gasteiger partial charge is 0.324 e. The number of anilines is 1. The van der Waals surface area contributed by atoms with Gasteiger partial charge in [0, 0.05) is 31.7 Å². The molecule has 1 aromatic heterocycles. The van der Waals surface area contributed by atoms with E-state index >= 15 is 0 Å². The fraction of sp³-hybridized carbons (Fsp3) is 0.571. The molecule has 2 fully saturated rings. The minimum absolute atomic E-state index is 0.0552. The number of piperidine rings is 1. The van der Waals surface area contributed by atoms with Gasteiger partial charge in [0.05, 0.1) is 11.1 Å². The molecule has 8 heteroatoms. The maximum Gasteiger partial charge on any atom is 0.324 e. The molecule has 2 aliphatic rings. The molecular weight excluding hydrogens is 372 g/mol. The molecule has 156 valence electrons. The number of hydrogen-bond acceptors (Lipinski definition) is 7. The van der Waals surface area contributed by atoms with Gasteiger partial charge in [0.1, 0.15) is 6.10 Å². The Morgan fingerprint density at radius 2 is 2.00 bits per heavy atom. The Morgan fingerprint density at radius 1 is 1.28 bits per heavy atom. The third-order valence-electron chi connectivity index (χ3n) is 6.19. The Morgan fingerprint density at radius 3 is 2.69 bits per heavy atom. The number of aliphatic hydroxyl groups is 1. The highest BCUT2D eigenvalue weighted by molar-refractivity contribution is 5.76. The number of aliphatic hydroxyl groups excluding tert-OH is 1. The van der Waals surface area contributed by atoms with Crippen LogP contribution in [0.3, 0.4) is 0 Å². The number of nitrogens with zero attached hydrogens (tertiary/aromatic N) is 3. The normalized spacial score (nSPS) is 26.4. The van der Waals surface area contributed by atoms with Crippen LogP contribution in [0.15, 0.2) is 34.9 Å². The van der Waals surface area contributed by atoms with Gasteiger partial charge >= 0.3 is 6.01 Å². The van der Waals surface area contributed by atoms with Gasteiger partial charge in [0.2, 0.25) is 11.7 Å². The van der Waals surface area contributed by atoms with Crippen molar-refractivity contribution >= 4 is 11.9 Å². The van der Waals surface area contributed by atoms with E-state index in [0.29, 0.717) is 57.2 Å². The van der Waals surface area contributed by atoms with E-state index in [1.807, 2.05) is 49.1 Å². The van der Waals surface area contributed by atoms with Gasteiger partial charge in [0.15, 0.2) is 0 Å². The predicted molar refractivity (Wildman–Crippen MR) is 107 cm³/mol. The Labute approximate surface area is 170 Å². The average Bonchev–Trinajstić information content (AvgIpc) is 3.23. The third-order valence-corrected chi connectivity index (χ3v) is 6.19. The molecule has 3 heterocycles. The number of rotatable bonds is 4. The summed E-state index contributed by atoms with van der Waals surface area (Å²) in [5.41, 5.74) is -0.449. The Hall–Kier alpha value is -2.45. The summed E-state index contributed by atoms with van der Waals surface area (Å²) in [5, 5.41) is 18.2. The third kappa shape index (κ3) is 3.74. The minimum Gasteiger partial charge on any atom is -0.388 e. The van der Waals surface area contributed by atoms with Crippen molar-refractivity contribution in [1.82, 2.24) is 15.5 Å². The van der Waals surface area contributed by atoms with E-state index in [0.717, 1.165) is 5.56 Å². The molecule has 29 heavy (non-hydrogen) atoms. The molecule has 0 radical (unpaired) electrons. The van der Waals surface area contributed by atoms with E-state index in [9.17, 15) is 9.90 Å². The Kier molecular flexibility index (Phi) is 5.31. The number of ether oxygens (including phenoxy) is 1. The highest BCUT2D eigenvalue weighted by Gasteiger charge is 2.54. The summed E-state index contributed by atoms with van der Waals surface area (Å²) in [5.74, 6) is 0.505. The highest BCUT2D eigenvalue weighted by atomic mass is 16.5. The second-order valence-corrected chi connectivity index (χ2v) is 8.14. The summed E-state index contributed by atoms with van der Waals surface area (Å²) in [7, 11) is 0. The molecule has 1 amide bonds. The molecule has 2 saturated heterocycles. The van der Waals surface area contributed by atoms with E-state index < -0.39 is 17.2 Å². The van der Waals surface area contributed by atoms with Gasteiger partial charge in [-0.15, -0.1) is 0 Å². The van der Waals surface area contributed by atoms with Gasteiger partial charge < -0.3 is 24.6 Å². The predicted octanol–water partition coefficient (Wildman–Crippen LogP) is 2.14. The lowest BCUT2D eigenvalue weighted by Crippen LogP contribution is -2.69. The number of carbonyl (C=O) groups is 1. The maximum absolute atomic E-state index is 12.0. The first kappa shape index (κ1) is 19.8. The summed E-state index contributed by atoms with van der Waals surface area (Å²) in [6.45, 7) is 5.49. The van der Waals surface area contributed by atoms with Crippen molar-refractivity contribution in [2.75, 3.05) is 24.6 Å². The van der Waals surface area contributed by atoms with Gasteiger partial charge in [-0.25, -0.2) is 0 Å². The molecule has 0 saturated carbocycles. The number of benzene rings is 1. The van der Waals surface area contributed by atoms with Gasteiger partial charge in [-0.05, 0) is 26.2 Å². The molecule has 8 nitrogen and oxygen atoms in total. The van der Waals surface area contributed by atoms with Crippen LogP contribution in [-0.4, -0.2) is 58.1 Å². The summed E-state index contributed by atoms with van der Waals surface area (Å²) >= 11 is 0. The van der Waals surface area contributed by atoms with Crippen molar-refractivity contribution in [1.29, 1.82) is 0 Å². The molecule has 0 aliphatic carbocycles. The van der Waals surface area contributed by atoms with Crippen LogP contribution in [0.5, 0.6) is 0 Å². The molecule has 2 aliphatic heterocycles. The lowest BCUT2D eigenvalue weighted by molar-refractivity contribution is -0.198. The van der Waals surface area contributed by atoms with E-state index in [2.05, 4.69) is 15.5 Å². The summed E-state index contributed by atoms with van der Waals surface area (Å²) in [4.78, 5) is 18.5. The van der Waals surface area contributed by atoms with E-state index in [-0.39, 0.29) is 5.91 Å². The molecule has 1 spiro atoms. The number of aromatic nitrogens is 2. The van der Waals surface area contributed by atoms with Crippen LogP contribution in [0, 0.1) is 0 Å². The first-order valence-corrected chi connectivity index (χ1v) is 10.2. The van der Waals surface area contributed by atoms with Gasteiger partial charge in [0.25, 0.3) is 0 Å². The van der Waals surface area contributed by atoms with E-state index in [1.165, 1.54) is 0 Å². The highest BCUT2D eigenvalue weighted by Crippen LogP contribution is 2.40. The fourth-order valence-corrected chi connectivity index (χ4v) is 4.34. The number of hydrogen-bond donors (Lipinski definition) is 2. The van der Waals surface area contributed by atoms with Gasteiger partial charge in [-0.2, -0.15) is 4.98 Å². The van der Waals surface area contributed by atoms with Crippen LogP contribution >= 0.6 is 0 Å². The van der Waals surface area contributed by atoms with Crippen molar-refractivity contribution in [3.05, 3.63) is 30.3 Å². The second-order valence-electron chi connectivity index (χ2n) is 8.14. The van der Waals surface area contributed by atoms with Gasteiger partial charge in [-0.3, -0.25) is 4.79 Å². The molecule has 2 aromatic rings. The summed E-state index contributed by atoms with van der Waals surface area (Å²) in [6, 6.07) is 10.2. The summed E-state index contributed by atoms with van der Waals surface area (Å²) in [6.07, 6.45) is 1.45. The SMILES string of the molecule is CCC(=O)N[C@@]1(C)CCOC2(CCN(c3nc(-c4ccccc4)no3)CC2)[C@@H]1O. The van der Waals surface area contributed by atoms with Crippen molar-refractivity contribution in [2.24, 2.45) is 0 Å². The number of carbonyl (C=O) groups excluding carboxylic acids is 1. The number of nitrogens with one attached hydrogen (secondary N) is 1. The first-order chi connectivity index (χ1) is 14.0. The topological polar surface area (TPSA) is 101 Å². The monoisotopic (exact) mass is 400 g/mol. The Bertz CT molecular complexity index is 847. The maximum atomic E-state index is 12.0. The van der Waals surface area contributed by atoms with Crippen molar-refractivity contribution in [3.8, 4) is 11.4 Å². The minimum atomic E-state index is -0.774. The fourth-order valence-electron chi connectivity index (χ4n) is 4.34. The summed E-state index contributed by atoms with van der Waals surface area (Å²) < 4.78 is 11.6. The standard InChI is InChI=1S/C21H28N4O4/c1-3-16(26)23-20(2)11-14-28-21(18(20)27)9-12-25(13-10-21)19-22-17(24-29-19)15-7-5-4-6-8-15/h4-8,18,27H,3,9-14H2,1-2H3,(H,23,26)/t18-,20+/m1/s1. The average molecular weight is 400 g/mol. The van der Waals surface area contributed by atoms with E-state index in [4.69, 9.17) is 9.26 Å². The molecule has 0 unspecified atom stereocenters. The molecule has 2 N–H and O–H groups in total. The van der Waals surface area contributed by atoms with Crippen molar-refractivity contribution < 1.29 is 19.2 Å². The van der Waals surface area contributed by atoms with Crippen LogP contribution in [0.25, 0.3) is 11.4 Å². The quantitative estimate of drug-likeness (QED) is 0.811. The molecule has 1 aromatic carbocycles. The second kappa shape index (κ2) is 7.76. The zero-order chi connectivity index (χ0) is 20.5. The van der Waals surface area contributed by atoms with Crippen LogP contribution < -0.4 is 10.2 Å². The van der Waals surface area contributed by atoms with Crippen LogP contribution in [-0.2, 0) is 9.53 Å². The number of amides is 1. The van der Waals surface area contributed by atoms with Crippen molar-refractivity contribution in [3.63, 3.8) is 0 Å². The first-order valence-electron chi connectivity index (χ1n) is 10.2. The largest absolute Gasteiger partial charge is 0.388 e. The van der Waals surface area contributed by atoms with Crippen LogP contribution in [0.4, 0.5) is 6.01 Å². The van der Waals surface area contributed by atoms with E-state index in [1.54, 1.807) is 0 Å². The molecule has 2 atom stereocenters. The van der Waals surface area contributed by atoms with Gasteiger partial charge in [-0.1, -0.05) is 42.4 Å². The van der Waals surface area contributed by atoms with Crippen molar-refractivity contribution in [2.45, 2.75) is 56.8 Å². The lowest BCUT2D eigenvalue weighted by Gasteiger charge is -2.53. The molecule has 0 bridgehead atoms. The van der Waals surface area contributed by atoms with Crippen LogP contribution in [0.2, 0.25) is 0 Å².